The molecule has 9 heteroatoms. The van der Waals surface area contributed by atoms with Gasteiger partial charge in [0.05, 0.1) is 16.9 Å². The van der Waals surface area contributed by atoms with E-state index in [-0.39, 0.29) is 18.8 Å². The zero-order valence-corrected chi connectivity index (χ0v) is 12.5. The minimum absolute atomic E-state index is 0.0309. The largest absolute Gasteiger partial charge is 0.399 e. The maximum Gasteiger partial charge on any atom is 0.291 e. The Labute approximate surface area is 123 Å². The number of nitro benzene ring substituents is 1. The molecule has 0 aliphatic rings. The van der Waals surface area contributed by atoms with Gasteiger partial charge in [0.15, 0.2) is 4.90 Å². The van der Waals surface area contributed by atoms with Crippen molar-refractivity contribution in [2.45, 2.75) is 18.7 Å². The third-order valence-corrected chi connectivity index (χ3v) is 4.84. The van der Waals surface area contributed by atoms with E-state index in [4.69, 9.17) is 11.0 Å². The fourth-order valence-corrected chi connectivity index (χ4v) is 3.45. The first-order valence-electron chi connectivity index (χ1n) is 6.17. The van der Waals surface area contributed by atoms with Crippen LogP contribution in [0.25, 0.3) is 0 Å². The first-order chi connectivity index (χ1) is 9.73. The van der Waals surface area contributed by atoms with Gasteiger partial charge in [0.25, 0.3) is 5.69 Å². The third kappa shape index (κ3) is 3.68. The molecular weight excluding hydrogens is 296 g/mol. The van der Waals surface area contributed by atoms with Crippen molar-refractivity contribution in [2.75, 3.05) is 18.8 Å². The van der Waals surface area contributed by atoms with Crippen LogP contribution in [0.1, 0.15) is 13.8 Å². The van der Waals surface area contributed by atoms with Gasteiger partial charge in [-0.1, -0.05) is 6.92 Å². The van der Waals surface area contributed by atoms with E-state index >= 15 is 0 Å². The van der Waals surface area contributed by atoms with Crippen LogP contribution in [0.4, 0.5) is 11.4 Å². The summed E-state index contributed by atoms with van der Waals surface area (Å²) in [5.41, 5.74) is 5.00. The maximum atomic E-state index is 12.5. The van der Waals surface area contributed by atoms with Gasteiger partial charge < -0.3 is 5.73 Å². The zero-order chi connectivity index (χ0) is 16.2. The zero-order valence-electron chi connectivity index (χ0n) is 11.7. The van der Waals surface area contributed by atoms with E-state index in [1.807, 2.05) is 6.07 Å². The molecule has 0 amide bonds. The van der Waals surface area contributed by atoms with Gasteiger partial charge in [-0.25, -0.2) is 8.42 Å². The number of sulfonamides is 1. The van der Waals surface area contributed by atoms with Crippen molar-refractivity contribution < 1.29 is 13.3 Å². The fraction of sp³-hybridized carbons (Fsp3) is 0.417. The van der Waals surface area contributed by atoms with Crippen LogP contribution in [-0.2, 0) is 10.0 Å². The highest BCUT2D eigenvalue weighted by atomic mass is 32.2. The molecular formula is C12H16N4O4S. The minimum Gasteiger partial charge on any atom is -0.399 e. The molecule has 1 aromatic carbocycles. The van der Waals surface area contributed by atoms with Crippen molar-refractivity contribution in [1.82, 2.24) is 4.31 Å². The van der Waals surface area contributed by atoms with E-state index in [9.17, 15) is 18.5 Å². The van der Waals surface area contributed by atoms with Crippen molar-refractivity contribution >= 4 is 21.4 Å². The van der Waals surface area contributed by atoms with Gasteiger partial charge in [-0.15, -0.1) is 0 Å². The summed E-state index contributed by atoms with van der Waals surface area (Å²) >= 11 is 0. The number of hydrogen-bond donors (Lipinski definition) is 1. The number of hydrogen-bond acceptors (Lipinski definition) is 6. The molecule has 1 atom stereocenters. The molecule has 0 fully saturated rings. The molecule has 114 valence electrons. The first-order valence-corrected chi connectivity index (χ1v) is 7.61. The highest BCUT2D eigenvalue weighted by molar-refractivity contribution is 7.89. The van der Waals surface area contributed by atoms with Gasteiger partial charge in [-0.2, -0.15) is 9.57 Å². The van der Waals surface area contributed by atoms with Gasteiger partial charge in [0, 0.05) is 24.8 Å². The standard InChI is InChI=1S/C12H16N4O4S/c1-3-15(8-9(2)7-13)21(19,20)12-5-4-10(14)6-11(12)16(17)18/h4-6,9H,3,8,14H2,1-2H3. The van der Waals surface area contributed by atoms with E-state index in [2.05, 4.69) is 0 Å². The summed E-state index contributed by atoms with van der Waals surface area (Å²) < 4.78 is 26.1. The topological polar surface area (TPSA) is 130 Å². The van der Waals surface area contributed by atoms with Crippen LogP contribution in [0, 0.1) is 27.4 Å². The highest BCUT2D eigenvalue weighted by Crippen LogP contribution is 2.28. The Morgan fingerprint density at radius 1 is 1.52 bits per heavy atom. The molecule has 0 heterocycles. The molecule has 0 aliphatic carbocycles. The normalized spacial score (nSPS) is 12.9. The van der Waals surface area contributed by atoms with E-state index in [1.165, 1.54) is 6.07 Å². The SMILES string of the molecule is CCN(CC(C)C#N)S(=O)(=O)c1ccc(N)cc1[N+](=O)[O-]. The van der Waals surface area contributed by atoms with Crippen molar-refractivity contribution in [3.05, 3.63) is 28.3 Å². The number of nitro groups is 1. The molecule has 1 aromatic rings. The molecule has 0 saturated heterocycles. The van der Waals surface area contributed by atoms with Gasteiger partial charge in [0.2, 0.25) is 10.0 Å². The van der Waals surface area contributed by atoms with Gasteiger partial charge in [-0.05, 0) is 19.1 Å². The Bertz CT molecular complexity index is 681. The summed E-state index contributed by atoms with van der Waals surface area (Å²) in [6.07, 6.45) is 0. The summed E-state index contributed by atoms with van der Waals surface area (Å²) in [6, 6.07) is 5.35. The molecule has 0 radical (unpaired) electrons. The fourth-order valence-electron chi connectivity index (χ4n) is 1.78. The molecule has 21 heavy (non-hydrogen) atoms. The average Bonchev–Trinajstić information content (AvgIpc) is 2.43. The lowest BCUT2D eigenvalue weighted by Crippen LogP contribution is -2.34. The quantitative estimate of drug-likeness (QED) is 0.479. The predicted molar refractivity (Wildman–Crippen MR) is 76.7 cm³/mol. The van der Waals surface area contributed by atoms with Crippen molar-refractivity contribution in [3.8, 4) is 6.07 Å². The third-order valence-electron chi connectivity index (χ3n) is 2.85. The average molecular weight is 312 g/mol. The Morgan fingerprint density at radius 2 is 2.14 bits per heavy atom. The molecule has 1 rings (SSSR count). The predicted octanol–water partition coefficient (Wildman–Crippen LogP) is 1.35. The van der Waals surface area contributed by atoms with Crippen LogP contribution in [0.3, 0.4) is 0 Å². The van der Waals surface area contributed by atoms with Crippen molar-refractivity contribution in [2.24, 2.45) is 5.92 Å². The molecule has 0 bridgehead atoms. The second kappa shape index (κ2) is 6.51. The Kier molecular flexibility index (Phi) is 5.23. The number of benzene rings is 1. The summed E-state index contributed by atoms with van der Waals surface area (Å²) in [6.45, 7) is 3.26. The van der Waals surface area contributed by atoms with Crippen LogP contribution in [0.2, 0.25) is 0 Å². The smallest absolute Gasteiger partial charge is 0.291 e. The number of nitrogens with zero attached hydrogens (tertiary/aromatic N) is 3. The van der Waals surface area contributed by atoms with Crippen molar-refractivity contribution in [1.29, 1.82) is 5.26 Å². The van der Waals surface area contributed by atoms with Crippen LogP contribution < -0.4 is 5.73 Å². The second-order valence-electron chi connectivity index (χ2n) is 4.47. The van der Waals surface area contributed by atoms with Crippen LogP contribution in [0.15, 0.2) is 23.1 Å². The summed E-state index contributed by atoms with van der Waals surface area (Å²) in [5.74, 6) is -0.521. The number of rotatable bonds is 6. The summed E-state index contributed by atoms with van der Waals surface area (Å²) in [7, 11) is -4.06. The number of nitrogen functional groups attached to an aromatic ring is 1. The monoisotopic (exact) mass is 312 g/mol. The van der Waals surface area contributed by atoms with Gasteiger partial charge in [0.1, 0.15) is 0 Å². The highest BCUT2D eigenvalue weighted by Gasteiger charge is 2.31. The lowest BCUT2D eigenvalue weighted by atomic mass is 10.2. The lowest BCUT2D eigenvalue weighted by Gasteiger charge is -2.21. The van der Waals surface area contributed by atoms with Gasteiger partial charge in [-0.3, -0.25) is 10.1 Å². The lowest BCUT2D eigenvalue weighted by molar-refractivity contribution is -0.387. The molecule has 0 saturated carbocycles. The minimum atomic E-state index is -4.06. The number of anilines is 1. The van der Waals surface area contributed by atoms with Crippen LogP contribution >= 0.6 is 0 Å². The maximum absolute atomic E-state index is 12.5. The molecule has 2 N–H and O–H groups in total. The molecule has 8 nitrogen and oxygen atoms in total. The summed E-state index contributed by atoms with van der Waals surface area (Å²) in [5, 5.41) is 19.8. The van der Waals surface area contributed by atoms with Crippen LogP contribution in [0.5, 0.6) is 0 Å². The molecule has 1 unspecified atom stereocenters. The molecule has 0 aromatic heterocycles. The van der Waals surface area contributed by atoms with E-state index in [1.54, 1.807) is 13.8 Å². The summed E-state index contributed by atoms with van der Waals surface area (Å²) in [4.78, 5) is 9.82. The first kappa shape index (κ1) is 16.9. The van der Waals surface area contributed by atoms with E-state index in [0.29, 0.717) is 0 Å². The molecule has 0 spiro atoms. The van der Waals surface area contributed by atoms with E-state index < -0.39 is 31.4 Å². The number of nitrogens with two attached hydrogens (primary N) is 1. The Hall–Kier alpha value is -2.18. The number of nitriles is 1. The van der Waals surface area contributed by atoms with Crippen LogP contribution in [-0.4, -0.2) is 30.7 Å². The van der Waals surface area contributed by atoms with Gasteiger partial charge >= 0.3 is 0 Å². The Balaban J connectivity index is 3.36. The second-order valence-corrected chi connectivity index (χ2v) is 6.38. The van der Waals surface area contributed by atoms with Crippen molar-refractivity contribution in [3.63, 3.8) is 0 Å². The van der Waals surface area contributed by atoms with E-state index in [0.717, 1.165) is 16.4 Å². The Morgan fingerprint density at radius 3 is 2.62 bits per heavy atom. The molecule has 0 aliphatic heterocycles.